The number of hydrogen-bond acceptors (Lipinski definition) is 1. The average Bonchev–Trinajstić information content (AvgIpc) is 2.46. The highest BCUT2D eigenvalue weighted by Gasteiger charge is 2.06. The molecule has 2 aromatic carbocycles. The molecule has 0 atom stereocenters. The summed E-state index contributed by atoms with van der Waals surface area (Å²) in [7, 11) is 0. The molecule has 0 saturated carbocycles. The molecule has 0 fully saturated rings. The molecule has 0 saturated heterocycles. The predicted molar refractivity (Wildman–Crippen MR) is 75.3 cm³/mol. The van der Waals surface area contributed by atoms with Gasteiger partial charge in [0.2, 0.25) is 0 Å². The van der Waals surface area contributed by atoms with Gasteiger partial charge < -0.3 is 0 Å². The molecule has 0 N–H and O–H groups in total. The lowest BCUT2D eigenvalue weighted by atomic mass is 9.96. The zero-order valence-electron chi connectivity index (χ0n) is 10.5. The summed E-state index contributed by atoms with van der Waals surface area (Å²) in [4.78, 5) is 11.7. The maximum atomic E-state index is 11.7. The zero-order valence-corrected chi connectivity index (χ0v) is 10.5. The van der Waals surface area contributed by atoms with E-state index in [9.17, 15) is 4.79 Å². The third kappa shape index (κ3) is 2.95. The minimum Gasteiger partial charge on any atom is -0.295 e. The van der Waals surface area contributed by atoms with Gasteiger partial charge in [0.05, 0.1) is 0 Å². The van der Waals surface area contributed by atoms with Gasteiger partial charge in [-0.15, -0.1) is 0 Å². The van der Waals surface area contributed by atoms with E-state index in [2.05, 4.69) is 0 Å². The molecule has 2 aromatic rings. The molecule has 0 spiro atoms. The van der Waals surface area contributed by atoms with Gasteiger partial charge in [0.15, 0.2) is 5.78 Å². The molecular weight excluding hydrogens is 220 g/mol. The van der Waals surface area contributed by atoms with Crippen molar-refractivity contribution < 1.29 is 4.79 Å². The van der Waals surface area contributed by atoms with Crippen molar-refractivity contribution in [2.75, 3.05) is 0 Å². The highest BCUT2D eigenvalue weighted by molar-refractivity contribution is 6.00. The predicted octanol–water partition coefficient (Wildman–Crippen LogP) is 4.10. The summed E-state index contributed by atoms with van der Waals surface area (Å²) in [5.74, 6) is 0.151. The van der Waals surface area contributed by atoms with Crippen molar-refractivity contribution in [2.45, 2.75) is 13.3 Å². The van der Waals surface area contributed by atoms with Crippen LogP contribution in [-0.2, 0) is 4.79 Å². The first-order valence-corrected chi connectivity index (χ1v) is 6.16. The van der Waals surface area contributed by atoms with E-state index < -0.39 is 0 Å². The molecule has 0 heterocycles. The summed E-state index contributed by atoms with van der Waals surface area (Å²) in [5.41, 5.74) is 3.14. The van der Waals surface area contributed by atoms with Crippen molar-refractivity contribution in [3.8, 4) is 0 Å². The van der Waals surface area contributed by atoms with E-state index in [0.717, 1.165) is 16.7 Å². The molecule has 0 aliphatic rings. The lowest BCUT2D eigenvalue weighted by molar-refractivity contribution is -0.114. The second-order valence-electron chi connectivity index (χ2n) is 4.11. The Hall–Kier alpha value is -2.15. The maximum Gasteiger partial charge on any atom is 0.156 e. The Labute approximate surface area is 108 Å². The molecular formula is C17H16O. The molecule has 0 bridgehead atoms. The molecule has 0 aromatic heterocycles. The molecule has 18 heavy (non-hydrogen) atoms. The maximum absolute atomic E-state index is 11.7. The van der Waals surface area contributed by atoms with Crippen LogP contribution < -0.4 is 0 Å². The molecule has 0 unspecified atom stereocenters. The summed E-state index contributed by atoms with van der Waals surface area (Å²) in [6.07, 6.45) is 2.27. The van der Waals surface area contributed by atoms with Crippen LogP contribution in [0.15, 0.2) is 66.7 Å². The fourth-order valence-electron chi connectivity index (χ4n) is 1.83. The first-order chi connectivity index (χ1) is 8.81. The van der Waals surface area contributed by atoms with Crippen LogP contribution in [-0.4, -0.2) is 5.78 Å². The quantitative estimate of drug-likeness (QED) is 0.730. The second-order valence-corrected chi connectivity index (χ2v) is 4.11. The fraction of sp³-hybridized carbons (Fsp3) is 0.118. The van der Waals surface area contributed by atoms with Gasteiger partial charge in [-0.2, -0.15) is 0 Å². The second kappa shape index (κ2) is 5.97. The Morgan fingerprint density at radius 3 is 1.72 bits per heavy atom. The Kier molecular flexibility index (Phi) is 4.08. The van der Waals surface area contributed by atoms with Crippen LogP contribution >= 0.6 is 0 Å². The summed E-state index contributed by atoms with van der Waals surface area (Å²) >= 11 is 0. The monoisotopic (exact) mass is 236 g/mol. The van der Waals surface area contributed by atoms with Crippen LogP contribution in [0.5, 0.6) is 0 Å². The van der Waals surface area contributed by atoms with Gasteiger partial charge in [0.25, 0.3) is 0 Å². The van der Waals surface area contributed by atoms with Crippen LogP contribution in [0.3, 0.4) is 0 Å². The average molecular weight is 236 g/mol. The first kappa shape index (κ1) is 12.3. The van der Waals surface area contributed by atoms with Crippen molar-refractivity contribution in [3.05, 3.63) is 77.9 Å². The van der Waals surface area contributed by atoms with Gasteiger partial charge in [-0.1, -0.05) is 67.6 Å². The molecule has 2 rings (SSSR count). The van der Waals surface area contributed by atoms with Crippen molar-refractivity contribution in [2.24, 2.45) is 0 Å². The van der Waals surface area contributed by atoms with E-state index in [1.165, 1.54) is 0 Å². The van der Waals surface area contributed by atoms with Crippen LogP contribution in [0.25, 0.3) is 5.57 Å². The van der Waals surface area contributed by atoms with Gasteiger partial charge >= 0.3 is 0 Å². The Morgan fingerprint density at radius 1 is 0.889 bits per heavy atom. The Balaban J connectivity index is 2.49. The highest BCUT2D eigenvalue weighted by atomic mass is 16.1. The van der Waals surface area contributed by atoms with E-state index >= 15 is 0 Å². The summed E-state index contributed by atoms with van der Waals surface area (Å²) in [6.45, 7) is 1.88. The van der Waals surface area contributed by atoms with E-state index in [4.69, 9.17) is 0 Å². The lowest BCUT2D eigenvalue weighted by Gasteiger charge is -2.07. The fourth-order valence-corrected chi connectivity index (χ4v) is 1.83. The van der Waals surface area contributed by atoms with E-state index in [1.54, 1.807) is 6.08 Å². The molecule has 1 heteroatoms. The van der Waals surface area contributed by atoms with Gasteiger partial charge in [0, 0.05) is 6.42 Å². The van der Waals surface area contributed by atoms with Crippen LogP contribution in [0.2, 0.25) is 0 Å². The minimum absolute atomic E-state index is 0.151. The summed E-state index contributed by atoms with van der Waals surface area (Å²) in [5, 5.41) is 0. The van der Waals surface area contributed by atoms with Crippen molar-refractivity contribution >= 4 is 11.4 Å². The van der Waals surface area contributed by atoms with E-state index in [1.807, 2.05) is 67.6 Å². The van der Waals surface area contributed by atoms with Gasteiger partial charge in [-0.25, -0.2) is 0 Å². The topological polar surface area (TPSA) is 17.1 Å². The Morgan fingerprint density at radius 2 is 1.33 bits per heavy atom. The van der Waals surface area contributed by atoms with Crippen molar-refractivity contribution in [1.29, 1.82) is 0 Å². The van der Waals surface area contributed by atoms with Crippen molar-refractivity contribution in [1.82, 2.24) is 0 Å². The van der Waals surface area contributed by atoms with E-state index in [0.29, 0.717) is 6.42 Å². The minimum atomic E-state index is 0.151. The SMILES string of the molecule is CCC(=O)C=C(c1ccccc1)c1ccccc1. The number of hydrogen-bond donors (Lipinski definition) is 0. The Bertz CT molecular complexity index is 497. The van der Waals surface area contributed by atoms with Gasteiger partial charge in [-0.05, 0) is 22.8 Å². The third-order valence-electron chi connectivity index (χ3n) is 2.82. The van der Waals surface area contributed by atoms with Crippen LogP contribution in [0.1, 0.15) is 24.5 Å². The molecule has 0 aliphatic heterocycles. The number of rotatable bonds is 4. The largest absolute Gasteiger partial charge is 0.295 e. The van der Waals surface area contributed by atoms with Crippen molar-refractivity contribution in [3.63, 3.8) is 0 Å². The molecule has 0 amide bonds. The van der Waals surface area contributed by atoms with E-state index in [-0.39, 0.29) is 5.78 Å². The standard InChI is InChI=1S/C17H16O/c1-2-16(18)13-17(14-9-5-3-6-10-14)15-11-7-4-8-12-15/h3-13H,2H2,1H3. The van der Waals surface area contributed by atoms with Crippen LogP contribution in [0, 0.1) is 0 Å². The number of allylic oxidation sites excluding steroid dienone is 1. The number of benzene rings is 2. The van der Waals surface area contributed by atoms with Gasteiger partial charge in [0.1, 0.15) is 0 Å². The third-order valence-corrected chi connectivity index (χ3v) is 2.82. The normalized spacial score (nSPS) is 9.83. The lowest BCUT2D eigenvalue weighted by Crippen LogP contribution is -1.94. The molecule has 1 nitrogen and oxygen atoms in total. The number of carbonyl (C=O) groups is 1. The zero-order chi connectivity index (χ0) is 12.8. The molecule has 0 radical (unpaired) electrons. The van der Waals surface area contributed by atoms with Gasteiger partial charge in [-0.3, -0.25) is 4.79 Å². The smallest absolute Gasteiger partial charge is 0.156 e. The highest BCUT2D eigenvalue weighted by Crippen LogP contribution is 2.23. The summed E-state index contributed by atoms with van der Waals surface area (Å²) in [6, 6.07) is 20.0. The number of ketones is 1. The first-order valence-electron chi connectivity index (χ1n) is 6.16. The molecule has 0 aliphatic carbocycles. The summed E-state index contributed by atoms with van der Waals surface area (Å²) < 4.78 is 0. The number of carbonyl (C=O) groups excluding carboxylic acids is 1. The molecule has 90 valence electrons. The van der Waals surface area contributed by atoms with Crippen LogP contribution in [0.4, 0.5) is 0 Å².